The molecule has 1 saturated carbocycles. The summed E-state index contributed by atoms with van der Waals surface area (Å²) in [6, 6.07) is 6.16. The van der Waals surface area contributed by atoms with Crippen molar-refractivity contribution in [2.24, 2.45) is 0 Å². The van der Waals surface area contributed by atoms with Crippen molar-refractivity contribution in [3.63, 3.8) is 0 Å². The fourth-order valence-corrected chi connectivity index (χ4v) is 3.47. The third kappa shape index (κ3) is 2.92. The number of hydrogen-bond acceptors (Lipinski definition) is 6. The minimum absolute atomic E-state index is 0.0342. The summed E-state index contributed by atoms with van der Waals surface area (Å²) < 4.78 is 15.9. The van der Waals surface area contributed by atoms with Gasteiger partial charge in [-0.3, -0.25) is 0 Å². The Kier molecular flexibility index (Phi) is 4.03. The van der Waals surface area contributed by atoms with E-state index in [0.29, 0.717) is 12.2 Å². The van der Waals surface area contributed by atoms with Crippen molar-refractivity contribution in [3.8, 4) is 11.5 Å². The van der Waals surface area contributed by atoms with E-state index in [2.05, 4.69) is 22.1 Å². The summed E-state index contributed by atoms with van der Waals surface area (Å²) in [6.07, 6.45) is 7.22. The standard InChI is InChI=1S/C19H20N2O4/c1-2-23-18(22)13-10-20-17(21-11-13)9-19(6-3-7-19)14-4-5-15-16(8-14)25-12-24-15/h4-5,8,10-11H,2-3,6-7,9,12H2,1H3. The fraction of sp³-hybridized carbons (Fsp3) is 0.421. The molecule has 0 radical (unpaired) electrons. The number of benzene rings is 1. The third-order valence-electron chi connectivity index (χ3n) is 5.01. The van der Waals surface area contributed by atoms with Crippen molar-refractivity contribution >= 4 is 5.97 Å². The predicted octanol–water partition coefficient (Wildman–Crippen LogP) is 3.05. The number of hydrogen-bond donors (Lipinski definition) is 0. The van der Waals surface area contributed by atoms with Crippen LogP contribution in [0.2, 0.25) is 0 Å². The maximum Gasteiger partial charge on any atom is 0.341 e. The summed E-state index contributed by atoms with van der Waals surface area (Å²) in [4.78, 5) is 20.5. The van der Waals surface area contributed by atoms with Gasteiger partial charge in [0.2, 0.25) is 6.79 Å². The highest BCUT2D eigenvalue weighted by atomic mass is 16.7. The molecule has 2 heterocycles. The highest BCUT2D eigenvalue weighted by molar-refractivity contribution is 5.88. The normalized spacial score (nSPS) is 17.0. The van der Waals surface area contributed by atoms with Crippen LogP contribution in [0.4, 0.5) is 0 Å². The van der Waals surface area contributed by atoms with Gasteiger partial charge >= 0.3 is 5.97 Å². The number of ether oxygens (including phenoxy) is 3. The van der Waals surface area contributed by atoms with Crippen molar-refractivity contribution in [2.75, 3.05) is 13.4 Å². The van der Waals surface area contributed by atoms with E-state index in [0.717, 1.165) is 36.6 Å². The Hall–Kier alpha value is -2.63. The zero-order valence-electron chi connectivity index (χ0n) is 14.2. The van der Waals surface area contributed by atoms with Crippen molar-refractivity contribution < 1.29 is 19.0 Å². The lowest BCUT2D eigenvalue weighted by Gasteiger charge is -2.42. The lowest BCUT2D eigenvalue weighted by atomic mass is 9.62. The maximum absolute atomic E-state index is 11.7. The number of rotatable bonds is 5. The van der Waals surface area contributed by atoms with Crippen molar-refractivity contribution in [1.82, 2.24) is 9.97 Å². The fourth-order valence-electron chi connectivity index (χ4n) is 3.47. The van der Waals surface area contributed by atoms with Gasteiger partial charge in [-0.2, -0.15) is 0 Å². The largest absolute Gasteiger partial charge is 0.462 e. The van der Waals surface area contributed by atoms with E-state index >= 15 is 0 Å². The topological polar surface area (TPSA) is 70.5 Å². The van der Waals surface area contributed by atoms with E-state index in [4.69, 9.17) is 14.2 Å². The molecule has 6 heteroatoms. The average Bonchev–Trinajstić information content (AvgIpc) is 3.06. The van der Waals surface area contributed by atoms with Gasteiger partial charge in [0.15, 0.2) is 11.5 Å². The summed E-state index contributed by atoms with van der Waals surface area (Å²) in [5.74, 6) is 1.96. The van der Waals surface area contributed by atoms with E-state index in [1.807, 2.05) is 6.07 Å². The number of esters is 1. The Bertz CT molecular complexity index is 785. The molecule has 25 heavy (non-hydrogen) atoms. The molecule has 0 unspecified atom stereocenters. The van der Waals surface area contributed by atoms with Crippen LogP contribution in [0.3, 0.4) is 0 Å². The monoisotopic (exact) mass is 340 g/mol. The third-order valence-corrected chi connectivity index (χ3v) is 5.01. The predicted molar refractivity (Wildman–Crippen MR) is 89.8 cm³/mol. The molecule has 2 aliphatic rings. The lowest BCUT2D eigenvalue weighted by Crippen LogP contribution is -2.37. The summed E-state index contributed by atoms with van der Waals surface area (Å²) in [5, 5.41) is 0. The van der Waals surface area contributed by atoms with Crippen LogP contribution >= 0.6 is 0 Å². The van der Waals surface area contributed by atoms with Gasteiger partial charge in [0, 0.05) is 24.2 Å². The van der Waals surface area contributed by atoms with Crippen molar-refractivity contribution in [2.45, 2.75) is 38.0 Å². The van der Waals surface area contributed by atoms with Gasteiger partial charge in [-0.25, -0.2) is 14.8 Å². The highest BCUT2D eigenvalue weighted by Gasteiger charge is 2.40. The number of nitrogens with zero attached hydrogens (tertiary/aromatic N) is 2. The number of carbonyl (C=O) groups excluding carboxylic acids is 1. The molecule has 1 fully saturated rings. The molecule has 0 atom stereocenters. The molecule has 0 spiro atoms. The van der Waals surface area contributed by atoms with Gasteiger partial charge in [-0.15, -0.1) is 0 Å². The molecule has 0 amide bonds. The average molecular weight is 340 g/mol. The molecule has 2 aromatic rings. The van der Waals surface area contributed by atoms with E-state index in [-0.39, 0.29) is 18.2 Å². The van der Waals surface area contributed by atoms with Crippen LogP contribution < -0.4 is 9.47 Å². The smallest absolute Gasteiger partial charge is 0.341 e. The minimum atomic E-state index is -0.386. The van der Waals surface area contributed by atoms with Gasteiger partial charge < -0.3 is 14.2 Å². The number of aromatic nitrogens is 2. The molecule has 0 N–H and O–H groups in total. The quantitative estimate of drug-likeness (QED) is 0.779. The van der Waals surface area contributed by atoms with Gasteiger partial charge in [-0.05, 0) is 37.5 Å². The Balaban J connectivity index is 1.54. The second kappa shape index (κ2) is 6.35. The molecule has 0 saturated heterocycles. The van der Waals surface area contributed by atoms with Crippen LogP contribution in [0.25, 0.3) is 0 Å². The molecule has 1 aromatic heterocycles. The van der Waals surface area contributed by atoms with Crippen LogP contribution in [-0.2, 0) is 16.6 Å². The zero-order valence-corrected chi connectivity index (χ0v) is 14.2. The Morgan fingerprint density at radius 2 is 1.96 bits per heavy atom. The van der Waals surface area contributed by atoms with E-state index in [9.17, 15) is 4.79 Å². The van der Waals surface area contributed by atoms with Crippen LogP contribution in [0.15, 0.2) is 30.6 Å². The Morgan fingerprint density at radius 1 is 1.20 bits per heavy atom. The van der Waals surface area contributed by atoms with Gasteiger partial charge in [-0.1, -0.05) is 12.5 Å². The molecule has 6 nitrogen and oxygen atoms in total. The van der Waals surface area contributed by atoms with Crippen molar-refractivity contribution in [3.05, 3.63) is 47.5 Å². The first kappa shape index (κ1) is 15.9. The van der Waals surface area contributed by atoms with Gasteiger partial charge in [0.1, 0.15) is 5.82 Å². The molecule has 1 aromatic carbocycles. The molecule has 1 aliphatic carbocycles. The second-order valence-corrected chi connectivity index (χ2v) is 6.49. The van der Waals surface area contributed by atoms with Gasteiger partial charge in [0.05, 0.1) is 12.2 Å². The second-order valence-electron chi connectivity index (χ2n) is 6.49. The first-order valence-electron chi connectivity index (χ1n) is 8.58. The van der Waals surface area contributed by atoms with Crippen molar-refractivity contribution in [1.29, 1.82) is 0 Å². The Labute approximate surface area is 146 Å². The minimum Gasteiger partial charge on any atom is -0.462 e. The molecular formula is C19H20N2O4. The maximum atomic E-state index is 11.7. The summed E-state index contributed by atoms with van der Waals surface area (Å²) in [6.45, 7) is 2.40. The molecule has 4 rings (SSSR count). The highest BCUT2D eigenvalue weighted by Crippen LogP contribution is 2.48. The number of carbonyl (C=O) groups is 1. The lowest BCUT2D eigenvalue weighted by molar-refractivity contribution is 0.0525. The Morgan fingerprint density at radius 3 is 2.64 bits per heavy atom. The summed E-state index contributed by atoms with van der Waals surface area (Å²) in [5.41, 5.74) is 1.66. The molecule has 1 aliphatic heterocycles. The van der Waals surface area contributed by atoms with Crippen LogP contribution in [0.5, 0.6) is 11.5 Å². The van der Waals surface area contributed by atoms with E-state index in [1.54, 1.807) is 19.3 Å². The van der Waals surface area contributed by atoms with Gasteiger partial charge in [0.25, 0.3) is 0 Å². The van der Waals surface area contributed by atoms with E-state index in [1.165, 1.54) is 12.0 Å². The van der Waals surface area contributed by atoms with E-state index < -0.39 is 0 Å². The van der Waals surface area contributed by atoms with Crippen LogP contribution in [0.1, 0.15) is 47.9 Å². The molecular weight excluding hydrogens is 320 g/mol. The SMILES string of the molecule is CCOC(=O)c1cnc(CC2(c3ccc4c(c3)OCO4)CCC2)nc1. The molecule has 0 bridgehead atoms. The summed E-state index contributed by atoms with van der Waals surface area (Å²) >= 11 is 0. The molecule has 130 valence electrons. The summed E-state index contributed by atoms with van der Waals surface area (Å²) in [7, 11) is 0. The van der Waals surface area contributed by atoms with Crippen LogP contribution in [-0.4, -0.2) is 29.3 Å². The first-order chi connectivity index (χ1) is 12.2. The number of fused-ring (bicyclic) bond motifs is 1. The first-order valence-corrected chi connectivity index (χ1v) is 8.58. The zero-order chi connectivity index (χ0) is 17.3. The van der Waals surface area contributed by atoms with Crippen LogP contribution in [0, 0.1) is 0 Å².